The second kappa shape index (κ2) is 7.58. The molecule has 0 saturated carbocycles. The van der Waals surface area contributed by atoms with Gasteiger partial charge in [-0.05, 0) is 57.7 Å². The van der Waals surface area contributed by atoms with Crippen LogP contribution >= 0.6 is 23.4 Å². The fourth-order valence-corrected chi connectivity index (χ4v) is 2.89. The quantitative estimate of drug-likeness (QED) is 0.837. The number of nitrogens with zero attached hydrogens (tertiary/aromatic N) is 1. The van der Waals surface area contributed by atoms with Gasteiger partial charge in [0, 0.05) is 41.6 Å². The third-order valence-electron chi connectivity index (χ3n) is 3.30. The van der Waals surface area contributed by atoms with Crippen molar-refractivity contribution in [3.8, 4) is 0 Å². The second-order valence-corrected chi connectivity index (χ2v) is 7.64. The van der Waals surface area contributed by atoms with E-state index >= 15 is 0 Å². The van der Waals surface area contributed by atoms with E-state index in [1.807, 2.05) is 17.8 Å². The van der Waals surface area contributed by atoms with Crippen molar-refractivity contribution in [2.75, 3.05) is 24.0 Å². The summed E-state index contributed by atoms with van der Waals surface area (Å²) in [4.78, 5) is 2.34. The minimum Gasteiger partial charge on any atom is -0.371 e. The minimum absolute atomic E-state index is 0.100. The predicted octanol–water partition coefficient (Wildman–Crippen LogP) is 4.42. The minimum atomic E-state index is 0.100. The molecule has 0 radical (unpaired) electrons. The molecule has 4 heteroatoms. The average Bonchev–Trinajstić information content (AvgIpc) is 2.35. The third-order valence-corrected chi connectivity index (χ3v) is 4.35. The summed E-state index contributed by atoms with van der Waals surface area (Å²) in [6, 6.07) is 6.66. The Morgan fingerprint density at radius 3 is 2.55 bits per heavy atom. The highest BCUT2D eigenvalue weighted by atomic mass is 35.5. The molecule has 0 aromatic heterocycles. The number of anilines is 1. The highest BCUT2D eigenvalue weighted by Crippen LogP contribution is 2.26. The molecule has 0 spiro atoms. The fraction of sp³-hybridized carbons (Fsp3) is 0.625. The Labute approximate surface area is 133 Å². The van der Waals surface area contributed by atoms with Crippen LogP contribution in [0.15, 0.2) is 18.2 Å². The molecule has 0 amide bonds. The zero-order chi connectivity index (χ0) is 15.3. The van der Waals surface area contributed by atoms with Gasteiger partial charge in [-0.1, -0.05) is 11.6 Å². The first kappa shape index (κ1) is 17.7. The number of hydrogen-bond donors (Lipinski definition) is 1. The van der Waals surface area contributed by atoms with Gasteiger partial charge in [-0.3, -0.25) is 0 Å². The van der Waals surface area contributed by atoms with Crippen LogP contribution in [0, 0.1) is 0 Å². The number of rotatable bonds is 6. The molecule has 0 heterocycles. The molecule has 1 rings (SSSR count). The summed E-state index contributed by atoms with van der Waals surface area (Å²) in [6.45, 7) is 9.62. The molecule has 1 atom stereocenters. The predicted molar refractivity (Wildman–Crippen MR) is 94.3 cm³/mol. The summed E-state index contributed by atoms with van der Waals surface area (Å²) in [7, 11) is 2.16. The van der Waals surface area contributed by atoms with Crippen LogP contribution in [0.3, 0.4) is 0 Å². The van der Waals surface area contributed by atoms with Crippen LogP contribution in [0.25, 0.3) is 0 Å². The Kier molecular flexibility index (Phi) is 6.70. The molecule has 0 aliphatic heterocycles. The normalized spacial score (nSPS) is 13.3. The Balaban J connectivity index is 2.94. The van der Waals surface area contributed by atoms with Gasteiger partial charge in [0.25, 0.3) is 0 Å². The molecule has 1 N–H and O–H groups in total. The van der Waals surface area contributed by atoms with Gasteiger partial charge >= 0.3 is 0 Å². The smallest absolute Gasteiger partial charge is 0.0412 e. The molecule has 0 bridgehead atoms. The van der Waals surface area contributed by atoms with Gasteiger partial charge in [0.2, 0.25) is 0 Å². The van der Waals surface area contributed by atoms with Crippen LogP contribution in [0.2, 0.25) is 5.02 Å². The van der Waals surface area contributed by atoms with Crippen molar-refractivity contribution in [1.82, 2.24) is 5.32 Å². The fourth-order valence-electron chi connectivity index (χ4n) is 1.99. The molecule has 2 nitrogen and oxygen atoms in total. The molecule has 0 saturated heterocycles. The molecule has 0 aliphatic rings. The Bertz CT molecular complexity index is 429. The van der Waals surface area contributed by atoms with E-state index in [2.05, 4.69) is 63.3 Å². The number of thioether (sulfide) groups is 1. The Hall–Kier alpha value is -0.380. The van der Waals surface area contributed by atoms with Crippen molar-refractivity contribution in [3.05, 3.63) is 28.8 Å². The van der Waals surface area contributed by atoms with E-state index in [1.165, 1.54) is 11.3 Å². The first-order valence-corrected chi connectivity index (χ1v) is 8.77. The highest BCUT2D eigenvalue weighted by Gasteiger charge is 2.15. The van der Waals surface area contributed by atoms with Gasteiger partial charge in [-0.25, -0.2) is 0 Å². The zero-order valence-electron chi connectivity index (χ0n) is 13.5. The maximum atomic E-state index is 6.16. The first-order valence-electron chi connectivity index (χ1n) is 7.00. The van der Waals surface area contributed by atoms with Crippen molar-refractivity contribution >= 4 is 29.1 Å². The van der Waals surface area contributed by atoms with Gasteiger partial charge in [0.1, 0.15) is 0 Å². The van der Waals surface area contributed by atoms with E-state index in [4.69, 9.17) is 11.6 Å². The summed E-state index contributed by atoms with van der Waals surface area (Å²) in [5.74, 6) is 1.12. The van der Waals surface area contributed by atoms with Gasteiger partial charge < -0.3 is 10.2 Å². The van der Waals surface area contributed by atoms with Crippen LogP contribution in [-0.4, -0.2) is 30.6 Å². The summed E-state index contributed by atoms with van der Waals surface area (Å²) in [6.07, 6.45) is 2.15. The zero-order valence-corrected chi connectivity index (χ0v) is 15.0. The van der Waals surface area contributed by atoms with Crippen LogP contribution in [0.5, 0.6) is 0 Å². The van der Waals surface area contributed by atoms with Gasteiger partial charge in [0.15, 0.2) is 0 Å². The standard InChI is InChI=1S/C16H27ClN2S/c1-12(11-20-6)19(5)15-8-7-14(17)9-13(15)10-18-16(2,3)4/h7-9,12,18H,10-11H2,1-6H3. The van der Waals surface area contributed by atoms with E-state index < -0.39 is 0 Å². The lowest BCUT2D eigenvalue weighted by Gasteiger charge is -2.30. The number of benzene rings is 1. The number of hydrogen-bond acceptors (Lipinski definition) is 3. The average molecular weight is 315 g/mol. The molecule has 0 aliphatic carbocycles. The molecule has 1 unspecified atom stereocenters. The van der Waals surface area contributed by atoms with Crippen LogP contribution in [-0.2, 0) is 6.54 Å². The highest BCUT2D eigenvalue weighted by molar-refractivity contribution is 7.98. The van der Waals surface area contributed by atoms with Crippen molar-refractivity contribution in [2.45, 2.75) is 45.8 Å². The maximum Gasteiger partial charge on any atom is 0.0412 e. The number of halogens is 1. The van der Waals surface area contributed by atoms with Crippen LogP contribution < -0.4 is 10.2 Å². The van der Waals surface area contributed by atoms with E-state index in [0.29, 0.717) is 6.04 Å². The van der Waals surface area contributed by atoms with E-state index in [-0.39, 0.29) is 5.54 Å². The summed E-state index contributed by atoms with van der Waals surface area (Å²) in [5, 5.41) is 4.34. The molecule has 0 fully saturated rings. The second-order valence-electron chi connectivity index (χ2n) is 6.29. The van der Waals surface area contributed by atoms with Crippen molar-refractivity contribution < 1.29 is 0 Å². The van der Waals surface area contributed by atoms with E-state index in [1.54, 1.807) is 0 Å². The lowest BCUT2D eigenvalue weighted by atomic mass is 10.1. The van der Waals surface area contributed by atoms with Crippen molar-refractivity contribution in [1.29, 1.82) is 0 Å². The molecule has 114 valence electrons. The van der Waals surface area contributed by atoms with Crippen molar-refractivity contribution in [3.63, 3.8) is 0 Å². The van der Waals surface area contributed by atoms with Gasteiger partial charge in [-0.15, -0.1) is 0 Å². The molecule has 1 aromatic carbocycles. The first-order chi connectivity index (χ1) is 9.24. The van der Waals surface area contributed by atoms with E-state index in [9.17, 15) is 0 Å². The lowest BCUT2D eigenvalue weighted by Crippen LogP contribution is -2.36. The van der Waals surface area contributed by atoms with Crippen LogP contribution in [0.1, 0.15) is 33.3 Å². The van der Waals surface area contributed by atoms with Gasteiger partial charge in [0.05, 0.1) is 0 Å². The monoisotopic (exact) mass is 314 g/mol. The maximum absolute atomic E-state index is 6.16. The molecular weight excluding hydrogens is 288 g/mol. The largest absolute Gasteiger partial charge is 0.371 e. The van der Waals surface area contributed by atoms with Crippen molar-refractivity contribution in [2.24, 2.45) is 0 Å². The summed E-state index contributed by atoms with van der Waals surface area (Å²) in [5.41, 5.74) is 2.61. The third kappa shape index (κ3) is 5.55. The Morgan fingerprint density at radius 1 is 1.35 bits per heavy atom. The SMILES string of the molecule is CSCC(C)N(C)c1ccc(Cl)cc1CNC(C)(C)C. The Morgan fingerprint density at radius 2 is 2.00 bits per heavy atom. The van der Waals surface area contributed by atoms with E-state index in [0.717, 1.165) is 17.3 Å². The molecule has 1 aromatic rings. The summed E-state index contributed by atoms with van der Waals surface area (Å²) >= 11 is 8.04. The van der Waals surface area contributed by atoms with Crippen LogP contribution in [0.4, 0.5) is 5.69 Å². The topological polar surface area (TPSA) is 15.3 Å². The molecular formula is C16H27ClN2S. The van der Waals surface area contributed by atoms with Gasteiger partial charge in [-0.2, -0.15) is 11.8 Å². The lowest BCUT2D eigenvalue weighted by molar-refractivity contribution is 0.424. The number of nitrogens with one attached hydrogen (secondary N) is 1. The summed E-state index contributed by atoms with van der Waals surface area (Å²) < 4.78 is 0. The molecule has 20 heavy (non-hydrogen) atoms.